The zero-order valence-electron chi connectivity index (χ0n) is 18.0. The topological polar surface area (TPSA) is 129 Å². The van der Waals surface area contributed by atoms with Gasteiger partial charge in [0.05, 0.1) is 17.6 Å². The van der Waals surface area contributed by atoms with Gasteiger partial charge in [0.1, 0.15) is 17.8 Å². The average molecular weight is 457 g/mol. The summed E-state index contributed by atoms with van der Waals surface area (Å²) in [5.74, 6) is 0.852. The molecule has 3 aromatic carbocycles. The van der Waals surface area contributed by atoms with Gasteiger partial charge in [-0.25, -0.2) is 14.8 Å². The van der Waals surface area contributed by atoms with Crippen LogP contribution in [0.5, 0.6) is 11.5 Å². The third kappa shape index (κ3) is 5.25. The molecule has 0 spiro atoms. The number of methoxy groups -OCH3 is 1. The van der Waals surface area contributed by atoms with Crippen LogP contribution in [0.2, 0.25) is 0 Å². The minimum atomic E-state index is -0.569. The molecule has 0 bridgehead atoms. The summed E-state index contributed by atoms with van der Waals surface area (Å²) in [6.45, 7) is 0. The maximum Gasteiger partial charge on any atom is 0.353 e. The molecule has 0 saturated heterocycles. The molecule has 0 aliphatic carbocycles. The van der Waals surface area contributed by atoms with E-state index < -0.39 is 10.9 Å². The van der Waals surface area contributed by atoms with Gasteiger partial charge in [-0.1, -0.05) is 18.2 Å². The Bertz CT molecular complexity index is 1300. The van der Waals surface area contributed by atoms with E-state index in [-0.39, 0.29) is 17.3 Å². The Kier molecular flexibility index (Phi) is 6.59. The first-order valence-corrected chi connectivity index (χ1v) is 10.1. The van der Waals surface area contributed by atoms with Gasteiger partial charge in [-0.15, -0.1) is 0 Å². The SMILES string of the molecule is COC(=O)c1ccc(Nc2ncnc(Nc3ccc(Oc4ccccc4)cc3)c2[N+](=O)[O-])cc1. The number of carbonyl (C=O) groups excluding carboxylic acids is 1. The first-order valence-electron chi connectivity index (χ1n) is 10.1. The molecule has 10 nitrogen and oxygen atoms in total. The largest absolute Gasteiger partial charge is 0.465 e. The van der Waals surface area contributed by atoms with E-state index in [1.807, 2.05) is 30.3 Å². The summed E-state index contributed by atoms with van der Waals surface area (Å²) in [6.07, 6.45) is 1.22. The van der Waals surface area contributed by atoms with E-state index in [2.05, 4.69) is 25.3 Å². The number of aromatic nitrogens is 2. The first-order chi connectivity index (χ1) is 16.5. The first kappa shape index (κ1) is 22.2. The zero-order chi connectivity index (χ0) is 23.9. The standard InChI is InChI=1S/C24H19N5O5/c1-33-24(30)16-7-9-17(10-8-16)27-22-21(29(31)32)23(26-15-25-22)28-18-11-13-20(14-12-18)34-19-5-3-2-4-6-19/h2-15H,1H3,(H2,25,26,27,28). The van der Waals surface area contributed by atoms with E-state index in [1.165, 1.54) is 13.4 Å². The Hall–Kier alpha value is -4.99. The number of nitrogens with zero attached hydrogens (tertiary/aromatic N) is 3. The van der Waals surface area contributed by atoms with Crippen LogP contribution in [0.25, 0.3) is 0 Å². The summed E-state index contributed by atoms with van der Waals surface area (Å²) >= 11 is 0. The molecule has 170 valence electrons. The lowest BCUT2D eigenvalue weighted by Gasteiger charge is -2.11. The Labute approximate surface area is 194 Å². The van der Waals surface area contributed by atoms with Crippen molar-refractivity contribution in [3.05, 3.63) is 101 Å². The second kappa shape index (κ2) is 10.1. The average Bonchev–Trinajstić information content (AvgIpc) is 2.86. The molecule has 0 fully saturated rings. The molecule has 4 aromatic rings. The molecule has 1 aromatic heterocycles. The summed E-state index contributed by atoms with van der Waals surface area (Å²) in [4.78, 5) is 30.9. The maximum atomic E-state index is 11.8. The van der Waals surface area contributed by atoms with Crippen LogP contribution in [0.15, 0.2) is 85.2 Å². The van der Waals surface area contributed by atoms with E-state index in [4.69, 9.17) is 4.74 Å². The van der Waals surface area contributed by atoms with E-state index in [0.29, 0.717) is 28.4 Å². The normalized spacial score (nSPS) is 10.3. The molecule has 0 amide bonds. The van der Waals surface area contributed by atoms with E-state index in [1.54, 1.807) is 48.5 Å². The number of anilines is 4. The quantitative estimate of drug-likeness (QED) is 0.201. The number of nitrogens with one attached hydrogen (secondary N) is 2. The third-order valence-corrected chi connectivity index (χ3v) is 4.67. The highest BCUT2D eigenvalue weighted by molar-refractivity contribution is 5.90. The molecule has 2 N–H and O–H groups in total. The lowest BCUT2D eigenvalue weighted by atomic mass is 10.2. The predicted octanol–water partition coefficient (Wildman–Crippen LogP) is 5.45. The number of benzene rings is 3. The predicted molar refractivity (Wildman–Crippen MR) is 126 cm³/mol. The molecular formula is C24H19N5O5. The number of esters is 1. The highest BCUT2D eigenvalue weighted by atomic mass is 16.6. The van der Waals surface area contributed by atoms with Gasteiger partial charge in [0.15, 0.2) is 0 Å². The van der Waals surface area contributed by atoms with Crippen molar-refractivity contribution in [1.82, 2.24) is 9.97 Å². The molecule has 0 saturated carbocycles. The van der Waals surface area contributed by atoms with Crippen molar-refractivity contribution in [1.29, 1.82) is 0 Å². The van der Waals surface area contributed by atoms with Crippen LogP contribution in [0.3, 0.4) is 0 Å². The number of nitro groups is 1. The number of hydrogen-bond acceptors (Lipinski definition) is 9. The maximum absolute atomic E-state index is 11.8. The van der Waals surface area contributed by atoms with Crippen LogP contribution >= 0.6 is 0 Å². The van der Waals surface area contributed by atoms with Crippen molar-refractivity contribution in [2.45, 2.75) is 0 Å². The highest BCUT2D eigenvalue weighted by Gasteiger charge is 2.23. The van der Waals surface area contributed by atoms with Gasteiger partial charge >= 0.3 is 11.7 Å². The van der Waals surface area contributed by atoms with Crippen LogP contribution < -0.4 is 15.4 Å². The molecule has 0 aliphatic rings. The van der Waals surface area contributed by atoms with Crippen molar-refractivity contribution in [2.75, 3.05) is 17.7 Å². The Morgan fingerprint density at radius 2 is 1.35 bits per heavy atom. The Morgan fingerprint density at radius 1 is 0.824 bits per heavy atom. The lowest BCUT2D eigenvalue weighted by Crippen LogP contribution is -2.06. The van der Waals surface area contributed by atoms with Crippen molar-refractivity contribution in [3.63, 3.8) is 0 Å². The van der Waals surface area contributed by atoms with Crippen LogP contribution in [0.4, 0.5) is 28.7 Å². The molecule has 0 radical (unpaired) electrons. The lowest BCUT2D eigenvalue weighted by molar-refractivity contribution is -0.383. The monoisotopic (exact) mass is 457 g/mol. The van der Waals surface area contributed by atoms with Crippen LogP contribution in [-0.2, 0) is 4.74 Å². The highest BCUT2D eigenvalue weighted by Crippen LogP contribution is 2.33. The summed E-state index contributed by atoms with van der Waals surface area (Å²) < 4.78 is 10.4. The molecule has 0 atom stereocenters. The second-order valence-electron chi connectivity index (χ2n) is 6.94. The number of carbonyl (C=O) groups is 1. The van der Waals surface area contributed by atoms with Gasteiger partial charge in [0.25, 0.3) is 0 Å². The van der Waals surface area contributed by atoms with Gasteiger partial charge in [-0.05, 0) is 60.7 Å². The van der Waals surface area contributed by atoms with Gasteiger partial charge < -0.3 is 20.1 Å². The Morgan fingerprint density at radius 3 is 1.88 bits per heavy atom. The van der Waals surface area contributed by atoms with Crippen molar-refractivity contribution in [2.24, 2.45) is 0 Å². The van der Waals surface area contributed by atoms with Crippen LogP contribution in [-0.4, -0.2) is 28.0 Å². The number of rotatable bonds is 8. The van der Waals surface area contributed by atoms with Crippen molar-refractivity contribution >= 4 is 34.7 Å². The molecule has 10 heteroatoms. The number of ether oxygens (including phenoxy) is 2. The van der Waals surface area contributed by atoms with E-state index in [0.717, 1.165) is 0 Å². The van der Waals surface area contributed by atoms with Gasteiger partial charge in [-0.3, -0.25) is 10.1 Å². The summed E-state index contributed by atoms with van der Waals surface area (Å²) in [5.41, 5.74) is 1.11. The summed E-state index contributed by atoms with van der Waals surface area (Å²) in [6, 6.07) is 22.5. The van der Waals surface area contributed by atoms with E-state index in [9.17, 15) is 14.9 Å². The molecule has 0 unspecified atom stereocenters. The molecule has 1 heterocycles. The van der Waals surface area contributed by atoms with Crippen LogP contribution in [0.1, 0.15) is 10.4 Å². The smallest absolute Gasteiger partial charge is 0.353 e. The van der Waals surface area contributed by atoms with Crippen LogP contribution in [0, 0.1) is 10.1 Å². The Balaban J connectivity index is 1.53. The fourth-order valence-corrected chi connectivity index (χ4v) is 3.05. The molecule has 4 rings (SSSR count). The number of para-hydroxylation sites is 1. The minimum absolute atomic E-state index is 0.00245. The molecule has 0 aliphatic heterocycles. The fraction of sp³-hybridized carbons (Fsp3) is 0.0417. The van der Waals surface area contributed by atoms with Crippen molar-refractivity contribution < 1.29 is 19.2 Å². The molecular weight excluding hydrogens is 438 g/mol. The van der Waals surface area contributed by atoms with Gasteiger partial charge in [0.2, 0.25) is 11.6 Å². The van der Waals surface area contributed by atoms with Crippen molar-refractivity contribution in [3.8, 4) is 11.5 Å². The molecule has 34 heavy (non-hydrogen) atoms. The zero-order valence-corrected chi connectivity index (χ0v) is 18.0. The van der Waals surface area contributed by atoms with Gasteiger partial charge in [0, 0.05) is 11.4 Å². The third-order valence-electron chi connectivity index (χ3n) is 4.67. The summed E-state index contributed by atoms with van der Waals surface area (Å²) in [7, 11) is 1.29. The second-order valence-corrected chi connectivity index (χ2v) is 6.94. The minimum Gasteiger partial charge on any atom is -0.465 e. The van der Waals surface area contributed by atoms with E-state index >= 15 is 0 Å². The summed E-state index contributed by atoms with van der Waals surface area (Å²) in [5, 5.41) is 17.7. The number of hydrogen-bond donors (Lipinski definition) is 2. The fourth-order valence-electron chi connectivity index (χ4n) is 3.05. The van der Waals surface area contributed by atoms with Gasteiger partial charge in [-0.2, -0.15) is 0 Å².